The Kier molecular flexibility index (Phi) is 9.40. The lowest BCUT2D eigenvalue weighted by Gasteiger charge is -2.31. The Morgan fingerprint density at radius 1 is 0.971 bits per heavy atom. The Bertz CT molecular complexity index is 1090. The quantitative estimate of drug-likeness (QED) is 0.334. The van der Waals surface area contributed by atoms with Crippen molar-refractivity contribution < 1.29 is 19.5 Å². The van der Waals surface area contributed by atoms with E-state index in [1.165, 1.54) is 0 Å². The van der Waals surface area contributed by atoms with Crippen molar-refractivity contribution in [2.75, 3.05) is 0 Å². The first-order chi connectivity index (χ1) is 16.3. The summed E-state index contributed by atoms with van der Waals surface area (Å²) >= 11 is 0. The molecule has 0 spiro atoms. The number of aliphatic hydroxyl groups excluding tert-OH is 1. The zero-order valence-electron chi connectivity index (χ0n) is 21.0. The molecule has 0 unspecified atom stereocenters. The average Bonchev–Trinajstić information content (AvgIpc) is 2.81. The molecule has 2 rings (SSSR count). The van der Waals surface area contributed by atoms with Crippen molar-refractivity contribution in [2.45, 2.75) is 63.5 Å². The van der Waals surface area contributed by atoms with E-state index >= 15 is 0 Å². The van der Waals surface area contributed by atoms with Gasteiger partial charge < -0.3 is 21.5 Å². The number of hydrogen-bond donors (Lipinski definition) is 4. The molecule has 0 aliphatic heterocycles. The third kappa shape index (κ3) is 7.81. The fraction of sp³-hybridized carbons (Fsp3) is 0.370. The van der Waals surface area contributed by atoms with Gasteiger partial charge in [0.2, 0.25) is 5.91 Å². The molecule has 0 aliphatic carbocycles. The average molecular weight is 494 g/mol. The normalized spacial score (nSPS) is 14.0. The lowest BCUT2D eigenvalue weighted by Crippen LogP contribution is -2.51. The van der Waals surface area contributed by atoms with E-state index in [9.17, 15) is 19.5 Å². The van der Waals surface area contributed by atoms with Crippen LogP contribution < -0.4 is 16.4 Å². The second-order valence-corrected chi connectivity index (χ2v) is 15.0. The topological polar surface area (TPSA) is 122 Å². The zero-order chi connectivity index (χ0) is 26.2. The summed E-state index contributed by atoms with van der Waals surface area (Å²) in [5.74, 6) is 0.992. The Hall–Kier alpha value is -3.41. The number of aliphatic hydroxyl groups is 1. The van der Waals surface area contributed by atoms with Gasteiger partial charge in [-0.25, -0.2) is 0 Å². The number of nitrogens with one attached hydrogen (secondary N) is 2. The minimum Gasteiger partial charge on any atom is -0.381 e. The van der Waals surface area contributed by atoms with Crippen LogP contribution in [-0.2, 0) is 9.59 Å². The maximum atomic E-state index is 13.0. The number of carbonyl (C=O) groups is 3. The van der Waals surface area contributed by atoms with Crippen molar-refractivity contribution in [3.05, 3.63) is 71.8 Å². The fourth-order valence-electron chi connectivity index (χ4n) is 3.01. The molecule has 5 N–H and O–H groups in total. The Balaban J connectivity index is 2.21. The number of nitrogens with two attached hydrogens (primary N) is 1. The maximum absolute atomic E-state index is 13.0. The summed E-state index contributed by atoms with van der Waals surface area (Å²) in [4.78, 5) is 37.7. The minimum atomic E-state index is -1.90. The molecule has 0 bridgehead atoms. The van der Waals surface area contributed by atoms with Gasteiger partial charge in [0.15, 0.2) is 6.10 Å². The van der Waals surface area contributed by atoms with Crippen LogP contribution >= 0.6 is 0 Å². The number of hydrogen-bond acceptors (Lipinski definition) is 4. The molecular formula is C27H35N3O4Si. The second kappa shape index (κ2) is 11.8. The van der Waals surface area contributed by atoms with E-state index in [0.29, 0.717) is 11.1 Å². The second-order valence-electron chi connectivity index (χ2n) is 10.0. The van der Waals surface area contributed by atoms with Gasteiger partial charge in [-0.05, 0) is 22.7 Å². The first kappa shape index (κ1) is 27.8. The molecule has 186 valence electrons. The van der Waals surface area contributed by atoms with Crippen LogP contribution in [0.1, 0.15) is 49.2 Å². The van der Waals surface area contributed by atoms with Crippen LogP contribution in [0, 0.1) is 11.5 Å². The summed E-state index contributed by atoms with van der Waals surface area (Å²) in [5.41, 5.74) is 9.71. The van der Waals surface area contributed by atoms with Gasteiger partial charge in [0.25, 0.3) is 11.8 Å². The van der Waals surface area contributed by atoms with Gasteiger partial charge in [-0.1, -0.05) is 82.4 Å². The molecule has 0 fully saturated rings. The lowest BCUT2D eigenvalue weighted by molar-refractivity contribution is -0.134. The highest BCUT2D eigenvalue weighted by atomic mass is 28.3. The van der Waals surface area contributed by atoms with E-state index < -0.39 is 44.0 Å². The number of primary amides is 1. The van der Waals surface area contributed by atoms with Crippen LogP contribution in [0.25, 0.3) is 0 Å². The third-order valence-electron chi connectivity index (χ3n) is 6.31. The molecule has 0 heterocycles. The molecule has 0 saturated heterocycles. The molecular weight excluding hydrogens is 458 g/mol. The van der Waals surface area contributed by atoms with Crippen LogP contribution in [0.5, 0.6) is 0 Å². The largest absolute Gasteiger partial charge is 0.381 e. The summed E-state index contributed by atoms with van der Waals surface area (Å²) in [6.07, 6.45) is -1.63. The molecule has 8 heteroatoms. The van der Waals surface area contributed by atoms with Gasteiger partial charge in [0.05, 0.1) is 6.04 Å². The van der Waals surface area contributed by atoms with Crippen molar-refractivity contribution in [3.63, 3.8) is 0 Å². The first-order valence-corrected chi connectivity index (χ1v) is 14.5. The molecule has 2 aromatic rings. The SMILES string of the molecule is CC(C)(C)[Si](C)(C)C#CC[C@@H](NC(=O)[C@H](O)[C@@H](NC(=O)c1ccccc1)c1ccccc1)C(N)=O. The Labute approximate surface area is 208 Å². The van der Waals surface area contributed by atoms with Crippen molar-refractivity contribution >= 4 is 25.8 Å². The molecule has 3 atom stereocenters. The summed E-state index contributed by atoms with van der Waals surface area (Å²) in [5, 5.41) is 16.2. The lowest BCUT2D eigenvalue weighted by atomic mass is 9.99. The van der Waals surface area contributed by atoms with Crippen molar-refractivity contribution in [2.24, 2.45) is 5.73 Å². The van der Waals surface area contributed by atoms with E-state index in [1.807, 2.05) is 0 Å². The van der Waals surface area contributed by atoms with Crippen molar-refractivity contribution in [3.8, 4) is 11.5 Å². The third-order valence-corrected chi connectivity index (χ3v) is 10.9. The Morgan fingerprint density at radius 3 is 2.03 bits per heavy atom. The van der Waals surface area contributed by atoms with E-state index in [4.69, 9.17) is 5.73 Å². The number of carbonyl (C=O) groups excluding carboxylic acids is 3. The molecule has 35 heavy (non-hydrogen) atoms. The standard InChI is InChI=1S/C27H35N3O4Si/c1-27(2,3)35(4,5)18-12-17-21(24(28)32)29-26(34)23(31)22(19-13-8-6-9-14-19)30-25(33)20-15-10-7-11-16-20/h6-11,13-16,21-23,31H,17H2,1-5H3,(H2,28,32)(H,29,34)(H,30,33)/t21-,22+,23-/m1/s1. The Morgan fingerprint density at radius 2 is 1.51 bits per heavy atom. The van der Waals surface area contributed by atoms with Crippen LogP contribution in [0.2, 0.25) is 18.1 Å². The molecule has 0 aromatic heterocycles. The highest BCUT2D eigenvalue weighted by molar-refractivity contribution is 6.87. The van der Waals surface area contributed by atoms with Crippen LogP contribution in [-0.4, -0.2) is 43.0 Å². The molecule has 2 aromatic carbocycles. The van der Waals surface area contributed by atoms with Crippen molar-refractivity contribution in [1.29, 1.82) is 0 Å². The molecule has 0 saturated carbocycles. The fourth-order valence-corrected chi connectivity index (χ4v) is 3.93. The molecule has 7 nitrogen and oxygen atoms in total. The van der Waals surface area contributed by atoms with Crippen molar-refractivity contribution in [1.82, 2.24) is 10.6 Å². The number of amides is 3. The first-order valence-electron chi connectivity index (χ1n) is 11.5. The summed E-state index contributed by atoms with van der Waals surface area (Å²) in [6, 6.07) is 15.0. The summed E-state index contributed by atoms with van der Waals surface area (Å²) in [7, 11) is -1.90. The maximum Gasteiger partial charge on any atom is 0.252 e. The number of rotatable bonds is 8. The smallest absolute Gasteiger partial charge is 0.252 e. The monoisotopic (exact) mass is 493 g/mol. The van der Waals surface area contributed by atoms with Gasteiger partial charge in [-0.15, -0.1) is 11.5 Å². The van der Waals surface area contributed by atoms with E-state index in [2.05, 4.69) is 56.0 Å². The van der Waals surface area contributed by atoms with Gasteiger partial charge in [0.1, 0.15) is 14.1 Å². The summed E-state index contributed by atoms with van der Waals surface area (Å²) in [6.45, 7) is 10.7. The van der Waals surface area contributed by atoms with E-state index in [1.54, 1.807) is 60.7 Å². The number of benzene rings is 2. The van der Waals surface area contributed by atoms with E-state index in [0.717, 1.165) is 0 Å². The molecule has 0 aliphatic rings. The molecule has 0 radical (unpaired) electrons. The van der Waals surface area contributed by atoms with Gasteiger partial charge >= 0.3 is 0 Å². The van der Waals surface area contributed by atoms with Crippen LogP contribution in [0.15, 0.2) is 60.7 Å². The van der Waals surface area contributed by atoms with Gasteiger partial charge in [-0.2, -0.15) is 0 Å². The molecule has 3 amide bonds. The predicted octanol–water partition coefficient (Wildman–Crippen LogP) is 2.93. The highest BCUT2D eigenvalue weighted by Gasteiger charge is 2.34. The minimum absolute atomic E-state index is 0.0344. The van der Waals surface area contributed by atoms with Crippen LogP contribution in [0.3, 0.4) is 0 Å². The van der Waals surface area contributed by atoms with Gasteiger partial charge in [0, 0.05) is 12.0 Å². The van der Waals surface area contributed by atoms with E-state index in [-0.39, 0.29) is 11.5 Å². The predicted molar refractivity (Wildman–Crippen MR) is 140 cm³/mol. The van der Waals surface area contributed by atoms with Gasteiger partial charge in [-0.3, -0.25) is 14.4 Å². The zero-order valence-corrected chi connectivity index (χ0v) is 22.0. The van der Waals surface area contributed by atoms with Crippen LogP contribution in [0.4, 0.5) is 0 Å². The highest BCUT2D eigenvalue weighted by Crippen LogP contribution is 2.35. The summed E-state index contributed by atoms with van der Waals surface area (Å²) < 4.78 is 0.